The van der Waals surface area contributed by atoms with Gasteiger partial charge < -0.3 is 0 Å². The van der Waals surface area contributed by atoms with Crippen LogP contribution in [0.5, 0.6) is 0 Å². The van der Waals surface area contributed by atoms with Crippen LogP contribution in [0, 0.1) is 0 Å². The number of nitrogens with zero attached hydrogens (tertiary/aromatic N) is 1. The van der Waals surface area contributed by atoms with Gasteiger partial charge in [0.15, 0.2) is 0 Å². The third-order valence-electron chi connectivity index (χ3n) is 4.29. The predicted molar refractivity (Wildman–Crippen MR) is 96.5 cm³/mol. The minimum atomic E-state index is -2.28. The normalized spacial score (nSPS) is 11.8. The molecule has 0 aromatic carbocycles. The zero-order valence-electron chi connectivity index (χ0n) is 13.4. The Morgan fingerprint density at radius 3 is 1.85 bits per heavy atom. The van der Waals surface area contributed by atoms with Gasteiger partial charge in [-0.2, -0.15) is 0 Å². The first-order valence-electron chi connectivity index (χ1n) is 8.30. The van der Waals surface area contributed by atoms with Crippen LogP contribution in [0.3, 0.4) is 0 Å². The Labute approximate surface area is 138 Å². The molecule has 0 saturated carbocycles. The third-order valence-corrected chi connectivity index (χ3v) is 19.9. The fourth-order valence-corrected chi connectivity index (χ4v) is 19.4. The quantitative estimate of drug-likeness (QED) is 0.408. The van der Waals surface area contributed by atoms with Gasteiger partial charge in [0, 0.05) is 0 Å². The first kappa shape index (κ1) is 18.5. The molecule has 0 unspecified atom stereocenters. The van der Waals surface area contributed by atoms with Crippen molar-refractivity contribution in [2.75, 3.05) is 0 Å². The Bertz CT molecular complexity index is 359. The molecule has 0 fully saturated rings. The van der Waals surface area contributed by atoms with Gasteiger partial charge in [-0.1, -0.05) is 0 Å². The van der Waals surface area contributed by atoms with Gasteiger partial charge in [0.05, 0.1) is 0 Å². The summed E-state index contributed by atoms with van der Waals surface area (Å²) in [6.45, 7) is 6.97. The maximum absolute atomic E-state index is 4.83. The van der Waals surface area contributed by atoms with Crippen molar-refractivity contribution in [3.05, 3.63) is 22.8 Å². The van der Waals surface area contributed by atoms with E-state index in [0.717, 1.165) is 0 Å². The summed E-state index contributed by atoms with van der Waals surface area (Å²) >= 11 is 1.37. The monoisotopic (exact) mass is 447 g/mol. The van der Waals surface area contributed by atoms with Crippen LogP contribution in [0.1, 0.15) is 59.3 Å². The van der Waals surface area contributed by atoms with E-state index in [9.17, 15) is 0 Å². The Balaban J connectivity index is 3.04. The van der Waals surface area contributed by atoms with Gasteiger partial charge in [-0.25, -0.2) is 0 Å². The second kappa shape index (κ2) is 10.2. The first-order chi connectivity index (χ1) is 9.68. The molecule has 0 amide bonds. The predicted octanol–water partition coefficient (Wildman–Crippen LogP) is 5.90. The number of unbranched alkanes of at least 4 members (excludes halogenated alkanes) is 3. The van der Waals surface area contributed by atoms with Crippen LogP contribution in [0.4, 0.5) is 0 Å². The van der Waals surface area contributed by atoms with E-state index < -0.39 is 18.4 Å². The molecule has 0 radical (unpaired) electrons. The molecule has 0 spiro atoms. The van der Waals surface area contributed by atoms with E-state index in [2.05, 4.69) is 48.8 Å². The fraction of sp³-hybridized carbons (Fsp3) is 0.706. The zero-order chi connectivity index (χ0) is 14.8. The standard InChI is InChI=1S/C5H3BrN.3C4H9.Sn/c6-5-1-3-7-4-2-5;3*1-3-4-2;/h1-3H;3*1,3-4H2,2H3;. The van der Waals surface area contributed by atoms with Crippen LogP contribution in [0.15, 0.2) is 22.8 Å². The minimum absolute atomic E-state index is 1.22. The van der Waals surface area contributed by atoms with Crippen molar-refractivity contribution in [2.24, 2.45) is 0 Å². The third kappa shape index (κ3) is 5.67. The molecule has 0 aliphatic rings. The summed E-state index contributed by atoms with van der Waals surface area (Å²) in [7, 11) is 0. The molecule has 20 heavy (non-hydrogen) atoms. The van der Waals surface area contributed by atoms with Crippen LogP contribution < -0.4 is 3.71 Å². The van der Waals surface area contributed by atoms with Gasteiger partial charge in [0.2, 0.25) is 0 Å². The van der Waals surface area contributed by atoms with E-state index in [4.69, 9.17) is 4.98 Å². The average Bonchev–Trinajstić information content (AvgIpc) is 2.47. The van der Waals surface area contributed by atoms with Crippen molar-refractivity contribution in [3.8, 4) is 0 Å². The molecule has 3 heteroatoms. The van der Waals surface area contributed by atoms with Crippen LogP contribution in [0.2, 0.25) is 13.3 Å². The van der Waals surface area contributed by atoms with E-state index in [1.165, 1.54) is 60.0 Å². The molecular weight excluding hydrogens is 417 g/mol. The fourth-order valence-electron chi connectivity index (χ4n) is 3.00. The molecule has 0 aliphatic heterocycles. The molecule has 0 atom stereocenters. The van der Waals surface area contributed by atoms with Crippen molar-refractivity contribution in [2.45, 2.75) is 72.6 Å². The number of aromatic nitrogens is 1. The van der Waals surface area contributed by atoms with Crippen molar-refractivity contribution in [1.82, 2.24) is 4.98 Å². The van der Waals surface area contributed by atoms with Gasteiger partial charge in [-0.3, -0.25) is 0 Å². The second-order valence-electron chi connectivity index (χ2n) is 5.95. The van der Waals surface area contributed by atoms with Crippen molar-refractivity contribution >= 4 is 38.0 Å². The van der Waals surface area contributed by atoms with Gasteiger partial charge in [-0.15, -0.1) is 0 Å². The summed E-state index contributed by atoms with van der Waals surface area (Å²) in [6, 6.07) is 4.41. The topological polar surface area (TPSA) is 12.9 Å². The molecular formula is C17H30BrNSn. The average molecular weight is 447 g/mol. The Morgan fingerprint density at radius 1 is 0.950 bits per heavy atom. The molecule has 0 saturated heterocycles. The van der Waals surface area contributed by atoms with Gasteiger partial charge in [-0.05, 0) is 0 Å². The summed E-state index contributed by atoms with van der Waals surface area (Å²) < 4.78 is 7.22. The van der Waals surface area contributed by atoms with Gasteiger partial charge >= 0.3 is 138 Å². The van der Waals surface area contributed by atoms with Crippen LogP contribution in [0.25, 0.3) is 0 Å². The molecule has 0 bridgehead atoms. The summed E-state index contributed by atoms with van der Waals surface area (Å²) in [5, 5.41) is 0. The number of pyridine rings is 1. The number of hydrogen-bond acceptors (Lipinski definition) is 1. The van der Waals surface area contributed by atoms with Crippen LogP contribution >= 0.6 is 15.9 Å². The Kier molecular flexibility index (Phi) is 9.43. The summed E-state index contributed by atoms with van der Waals surface area (Å²) in [6.07, 6.45) is 10.2. The van der Waals surface area contributed by atoms with E-state index in [1.54, 1.807) is 0 Å². The Hall–Kier alpha value is 0.429. The summed E-state index contributed by atoms with van der Waals surface area (Å²) in [5.74, 6) is 0. The van der Waals surface area contributed by atoms with Crippen LogP contribution in [-0.4, -0.2) is 23.4 Å². The molecule has 0 N–H and O–H groups in total. The molecule has 1 aromatic rings. The number of hydrogen-bond donors (Lipinski definition) is 0. The van der Waals surface area contributed by atoms with Crippen molar-refractivity contribution < 1.29 is 0 Å². The van der Waals surface area contributed by atoms with E-state index >= 15 is 0 Å². The SMILES string of the molecule is CCC[CH2][Sn]([CH2]CCC)([CH2]CCC)[c]1cc(Br)ccn1. The molecule has 1 rings (SSSR count). The zero-order valence-corrected chi connectivity index (χ0v) is 17.9. The Morgan fingerprint density at radius 2 is 1.45 bits per heavy atom. The molecule has 0 aliphatic carbocycles. The molecule has 114 valence electrons. The van der Waals surface area contributed by atoms with E-state index in [-0.39, 0.29) is 0 Å². The van der Waals surface area contributed by atoms with E-state index in [0.29, 0.717) is 0 Å². The molecule has 1 nitrogen and oxygen atoms in total. The summed E-state index contributed by atoms with van der Waals surface area (Å²) in [5.41, 5.74) is 0. The molecule has 1 aromatic heterocycles. The van der Waals surface area contributed by atoms with Crippen LogP contribution in [-0.2, 0) is 0 Å². The number of rotatable bonds is 10. The van der Waals surface area contributed by atoms with Gasteiger partial charge in [0.25, 0.3) is 0 Å². The second-order valence-corrected chi connectivity index (χ2v) is 19.9. The summed E-state index contributed by atoms with van der Waals surface area (Å²) in [4.78, 5) is 4.83. The van der Waals surface area contributed by atoms with Gasteiger partial charge in [0.1, 0.15) is 0 Å². The van der Waals surface area contributed by atoms with Crippen molar-refractivity contribution in [1.29, 1.82) is 0 Å². The van der Waals surface area contributed by atoms with E-state index in [1.807, 2.05) is 6.20 Å². The first-order valence-corrected chi connectivity index (χ1v) is 16.6. The number of halogens is 1. The van der Waals surface area contributed by atoms with Crippen molar-refractivity contribution in [3.63, 3.8) is 0 Å². The maximum atomic E-state index is 4.83. The molecule has 1 heterocycles.